The number of hydrogen-bond donors (Lipinski definition) is 3. The highest BCUT2D eigenvalue weighted by molar-refractivity contribution is 8.01. The molecule has 0 bridgehead atoms. The molecular weight excluding hydrogens is 392 g/mol. The largest absolute Gasteiger partial charge is 0.480 e. The van der Waals surface area contributed by atoms with Crippen LogP contribution in [-0.4, -0.2) is 64.6 Å². The lowest BCUT2D eigenvalue weighted by Gasteiger charge is -2.44. The van der Waals surface area contributed by atoms with Gasteiger partial charge in [-0.1, -0.05) is 5.21 Å². The number of carboxylic acid groups (broad SMARTS) is 1. The summed E-state index contributed by atoms with van der Waals surface area (Å²) >= 11 is 2.83. The average Bonchev–Trinajstić information content (AvgIpc) is 3.32. The maximum Gasteiger partial charge on any atom is 0.320 e. The van der Waals surface area contributed by atoms with Gasteiger partial charge in [0, 0.05) is 4.75 Å². The van der Waals surface area contributed by atoms with Gasteiger partial charge in [-0.25, -0.2) is 0 Å². The van der Waals surface area contributed by atoms with Crippen LogP contribution in [0, 0.1) is 0 Å². The number of aliphatic carboxylic acids is 1. The van der Waals surface area contributed by atoms with E-state index >= 15 is 0 Å². The summed E-state index contributed by atoms with van der Waals surface area (Å²) in [4.78, 5) is 38.5. The molecule has 2 aromatic rings. The number of aromatic nitrogens is 4. The van der Waals surface area contributed by atoms with Crippen molar-refractivity contribution in [2.45, 2.75) is 42.0 Å². The van der Waals surface area contributed by atoms with Crippen LogP contribution in [0.1, 0.15) is 37.2 Å². The van der Waals surface area contributed by atoms with Gasteiger partial charge in [-0.3, -0.25) is 14.4 Å². The summed E-state index contributed by atoms with van der Waals surface area (Å²) in [5.41, 5.74) is 0.401. The Labute approximate surface area is 161 Å². The van der Waals surface area contributed by atoms with E-state index in [1.807, 2.05) is 13.8 Å². The fraction of sp³-hybridized carbons (Fsp3) is 0.467. The molecule has 2 aromatic heterocycles. The Morgan fingerprint density at radius 3 is 2.81 bits per heavy atom. The van der Waals surface area contributed by atoms with Crippen LogP contribution in [0.25, 0.3) is 0 Å². The van der Waals surface area contributed by atoms with Crippen molar-refractivity contribution < 1.29 is 19.5 Å². The fourth-order valence-electron chi connectivity index (χ4n) is 3.53. The van der Waals surface area contributed by atoms with E-state index in [-0.39, 0.29) is 22.1 Å². The first kappa shape index (κ1) is 17.9. The van der Waals surface area contributed by atoms with Crippen LogP contribution in [0.4, 0.5) is 0 Å². The average molecular weight is 408 g/mol. The van der Waals surface area contributed by atoms with Gasteiger partial charge < -0.3 is 15.3 Å². The van der Waals surface area contributed by atoms with Crippen molar-refractivity contribution in [3.63, 3.8) is 0 Å². The van der Waals surface area contributed by atoms with Crippen molar-refractivity contribution >= 4 is 40.9 Å². The quantitative estimate of drug-likeness (QED) is 0.475. The lowest BCUT2D eigenvalue weighted by molar-refractivity contribution is -0.153. The van der Waals surface area contributed by atoms with Crippen molar-refractivity contribution in [3.8, 4) is 0 Å². The molecule has 4 heterocycles. The Morgan fingerprint density at radius 2 is 2.22 bits per heavy atom. The number of hydrogen-bond acceptors (Lipinski definition) is 8. The second-order valence-corrected chi connectivity index (χ2v) is 9.40. The number of carbonyl (C=O) groups excluding carboxylic acids is 2. The number of nitrogens with zero attached hydrogens (tertiary/aromatic N) is 4. The molecule has 12 heteroatoms. The lowest BCUT2D eigenvalue weighted by Crippen LogP contribution is -2.68. The molecule has 10 nitrogen and oxygen atoms in total. The minimum absolute atomic E-state index is 0.282. The summed E-state index contributed by atoms with van der Waals surface area (Å²) in [7, 11) is 0. The molecule has 3 unspecified atom stereocenters. The van der Waals surface area contributed by atoms with E-state index in [0.29, 0.717) is 11.4 Å². The Bertz CT molecular complexity index is 884. The Balaban J connectivity index is 1.53. The third-order valence-electron chi connectivity index (χ3n) is 4.73. The number of thioether (sulfide) groups is 1. The summed E-state index contributed by atoms with van der Waals surface area (Å²) in [6, 6.07) is 0.440. The molecule has 2 amide bonds. The van der Waals surface area contributed by atoms with Crippen LogP contribution in [0.3, 0.4) is 0 Å². The maximum absolute atomic E-state index is 12.7. The SMILES string of the molecule is CC1(C)S[C@H]2C(NC(=O)C(C(=O)O)c3ccsc3)C(=O)N2C1c1nn[nH]n1. The molecule has 4 rings (SSSR count). The third-order valence-corrected chi connectivity index (χ3v) is 7.00. The van der Waals surface area contributed by atoms with Crippen molar-refractivity contribution in [3.05, 3.63) is 28.2 Å². The summed E-state index contributed by atoms with van der Waals surface area (Å²) in [6.45, 7) is 3.93. The van der Waals surface area contributed by atoms with Gasteiger partial charge in [-0.15, -0.1) is 22.0 Å². The van der Waals surface area contributed by atoms with E-state index in [9.17, 15) is 19.5 Å². The minimum atomic E-state index is -1.34. The molecule has 0 saturated carbocycles. The Morgan fingerprint density at radius 1 is 1.44 bits per heavy atom. The number of nitrogens with one attached hydrogen (secondary N) is 2. The van der Waals surface area contributed by atoms with E-state index in [2.05, 4.69) is 25.9 Å². The second-order valence-electron chi connectivity index (χ2n) is 6.84. The third kappa shape index (κ3) is 2.79. The second kappa shape index (κ2) is 6.30. The number of rotatable bonds is 5. The highest BCUT2D eigenvalue weighted by Gasteiger charge is 2.63. The number of aromatic amines is 1. The van der Waals surface area contributed by atoms with Crippen LogP contribution in [-0.2, 0) is 14.4 Å². The maximum atomic E-state index is 12.7. The summed E-state index contributed by atoms with van der Waals surface area (Å²) in [5.74, 6) is -3.16. The van der Waals surface area contributed by atoms with E-state index in [0.717, 1.165) is 0 Å². The van der Waals surface area contributed by atoms with Crippen molar-refractivity contribution in [1.29, 1.82) is 0 Å². The summed E-state index contributed by atoms with van der Waals surface area (Å²) in [5, 5.41) is 29.0. The van der Waals surface area contributed by atoms with Gasteiger partial charge in [-0.05, 0) is 36.2 Å². The lowest BCUT2D eigenvalue weighted by atomic mass is 9.94. The van der Waals surface area contributed by atoms with Crippen molar-refractivity contribution in [2.24, 2.45) is 0 Å². The number of fused-ring (bicyclic) bond motifs is 1. The molecule has 0 aromatic carbocycles. The zero-order chi connectivity index (χ0) is 19.3. The molecule has 0 spiro atoms. The number of amides is 2. The van der Waals surface area contributed by atoms with Crippen LogP contribution in [0.5, 0.6) is 0 Å². The van der Waals surface area contributed by atoms with Crippen LogP contribution >= 0.6 is 23.1 Å². The Hall–Kier alpha value is -2.47. The van der Waals surface area contributed by atoms with E-state index in [4.69, 9.17) is 0 Å². The minimum Gasteiger partial charge on any atom is -0.480 e. The molecule has 0 radical (unpaired) electrons. The van der Waals surface area contributed by atoms with E-state index in [1.165, 1.54) is 23.1 Å². The predicted molar refractivity (Wildman–Crippen MR) is 95.8 cm³/mol. The van der Waals surface area contributed by atoms with Gasteiger partial charge in [0.1, 0.15) is 17.5 Å². The number of thiophene rings is 1. The van der Waals surface area contributed by atoms with Gasteiger partial charge in [0.05, 0.1) is 0 Å². The number of β-lactam (4-membered cyclic amide) rings is 1. The van der Waals surface area contributed by atoms with Gasteiger partial charge in [0.25, 0.3) is 0 Å². The first-order valence-electron chi connectivity index (χ1n) is 8.10. The topological polar surface area (TPSA) is 141 Å². The summed E-state index contributed by atoms with van der Waals surface area (Å²) < 4.78 is -0.386. The standard InChI is InChI=1S/C15H16N6O4S2/c1-15(2)9(10-17-19-20-18-10)21-12(23)8(13(21)27-15)16-11(22)7(14(24)25)6-3-4-26-5-6/h3-5,7-9,13H,1-2H3,(H,16,22)(H,24,25)(H,17,18,19,20)/t7?,8?,9?,13-/m0/s1. The smallest absolute Gasteiger partial charge is 0.320 e. The number of carbonyl (C=O) groups is 3. The molecule has 4 atom stereocenters. The molecule has 142 valence electrons. The summed E-state index contributed by atoms with van der Waals surface area (Å²) in [6.07, 6.45) is 0. The number of H-pyrrole nitrogens is 1. The monoisotopic (exact) mass is 408 g/mol. The van der Waals surface area contributed by atoms with Gasteiger partial charge in [0.15, 0.2) is 11.7 Å². The fourth-order valence-corrected chi connectivity index (χ4v) is 5.85. The number of tetrazole rings is 1. The van der Waals surface area contributed by atoms with E-state index < -0.39 is 23.8 Å². The van der Waals surface area contributed by atoms with Crippen molar-refractivity contribution in [2.75, 3.05) is 0 Å². The molecule has 2 saturated heterocycles. The first-order valence-corrected chi connectivity index (χ1v) is 9.92. The predicted octanol–water partition coefficient (Wildman–Crippen LogP) is 0.349. The highest BCUT2D eigenvalue weighted by Crippen LogP contribution is 2.56. The van der Waals surface area contributed by atoms with Crippen LogP contribution in [0.2, 0.25) is 0 Å². The van der Waals surface area contributed by atoms with Gasteiger partial charge in [-0.2, -0.15) is 16.6 Å². The molecule has 27 heavy (non-hydrogen) atoms. The highest BCUT2D eigenvalue weighted by atomic mass is 32.2. The number of carboxylic acids is 1. The van der Waals surface area contributed by atoms with Gasteiger partial charge >= 0.3 is 5.97 Å². The molecule has 2 aliphatic heterocycles. The van der Waals surface area contributed by atoms with Gasteiger partial charge in [0.2, 0.25) is 11.8 Å². The zero-order valence-electron chi connectivity index (χ0n) is 14.3. The Kier molecular flexibility index (Phi) is 4.18. The molecular formula is C15H16N6O4S2. The van der Waals surface area contributed by atoms with E-state index in [1.54, 1.807) is 21.7 Å². The molecule has 2 fully saturated rings. The van der Waals surface area contributed by atoms with Crippen molar-refractivity contribution in [1.82, 2.24) is 30.8 Å². The normalized spacial score (nSPS) is 27.0. The molecule has 2 aliphatic rings. The molecule has 0 aliphatic carbocycles. The first-order chi connectivity index (χ1) is 12.8. The molecule has 3 N–H and O–H groups in total. The van der Waals surface area contributed by atoms with Crippen LogP contribution in [0.15, 0.2) is 16.8 Å². The zero-order valence-corrected chi connectivity index (χ0v) is 16.0. The van der Waals surface area contributed by atoms with Crippen LogP contribution < -0.4 is 5.32 Å².